The Morgan fingerprint density at radius 3 is 2.26 bits per heavy atom. The van der Waals surface area contributed by atoms with Crippen LogP contribution in [-0.4, -0.2) is 63.7 Å². The van der Waals surface area contributed by atoms with Gasteiger partial charge < -0.3 is 0 Å². The quantitative estimate of drug-likeness (QED) is 0.434. The first kappa shape index (κ1) is 26.6. The molecule has 0 amide bonds. The smallest absolute Gasteiger partial charge is 0.243 e. The molecule has 2 fully saturated rings. The van der Waals surface area contributed by atoms with E-state index in [1.165, 1.54) is 47.3 Å². The fourth-order valence-electron chi connectivity index (χ4n) is 4.79. The van der Waals surface area contributed by atoms with Gasteiger partial charge in [-0.1, -0.05) is 6.07 Å². The summed E-state index contributed by atoms with van der Waals surface area (Å²) < 4.78 is 118. The average Bonchev–Trinajstić information content (AvgIpc) is 3.19. The van der Waals surface area contributed by atoms with Gasteiger partial charge in [0.15, 0.2) is 10.1 Å². The number of nitriles is 1. The molecule has 1 aliphatic carbocycles. The zero-order valence-corrected chi connectivity index (χ0v) is 21.5. The monoisotopic (exact) mass is 589 g/mol. The first-order valence-electron chi connectivity index (χ1n) is 11.0. The van der Waals surface area contributed by atoms with Crippen LogP contribution >= 0.6 is 0 Å². The lowest BCUT2D eigenvalue weighted by atomic mass is 10.2. The molecule has 2 aliphatic rings. The van der Waals surface area contributed by atoms with E-state index >= 15 is 0 Å². The number of pyridine rings is 1. The lowest BCUT2D eigenvalue weighted by molar-refractivity contribution is -0.0448. The maximum Gasteiger partial charge on any atom is 0.511 e. The van der Waals surface area contributed by atoms with Crippen molar-refractivity contribution in [1.82, 2.24) is 18.0 Å². The number of benzene rings is 1. The zero-order chi connectivity index (χ0) is 27.7. The van der Waals surface area contributed by atoms with Gasteiger partial charge >= 0.3 is 15.5 Å². The Hall–Kier alpha value is -3.04. The molecule has 1 N–H and O–H groups in total. The van der Waals surface area contributed by atoms with Crippen LogP contribution in [0, 0.1) is 29.1 Å². The molecule has 0 bridgehead atoms. The first-order chi connectivity index (χ1) is 17.7. The van der Waals surface area contributed by atoms with Crippen molar-refractivity contribution < 1.29 is 38.4 Å². The number of aromatic nitrogens is 2. The Morgan fingerprint density at radius 2 is 1.68 bits per heavy atom. The van der Waals surface area contributed by atoms with Crippen molar-refractivity contribution in [3.8, 4) is 6.07 Å². The van der Waals surface area contributed by atoms with Gasteiger partial charge in [0.25, 0.3) is 20.0 Å². The highest BCUT2D eigenvalue weighted by Gasteiger charge is 2.59. The molecular weight excluding hydrogens is 571 g/mol. The van der Waals surface area contributed by atoms with Crippen molar-refractivity contribution in [3.05, 3.63) is 54.2 Å². The summed E-state index contributed by atoms with van der Waals surface area (Å²) in [5.41, 5.74) is -5.26. The molecule has 0 radical (unpaired) electrons. The molecule has 2 atom stereocenters. The molecule has 2 aromatic heterocycles. The number of hydrogen-bond acceptors (Lipinski definition) is 8. The summed E-state index contributed by atoms with van der Waals surface area (Å²) in [4.78, 5) is 3.85. The third-order valence-electron chi connectivity index (χ3n) is 6.75. The molecule has 2 unspecified atom stereocenters. The summed E-state index contributed by atoms with van der Waals surface area (Å²) in [6.45, 7) is -0.740. The summed E-state index contributed by atoms with van der Waals surface area (Å²) in [6, 6.07) is 11.2. The van der Waals surface area contributed by atoms with E-state index in [2.05, 4.69) is 4.98 Å². The Kier molecular flexibility index (Phi) is 6.11. The van der Waals surface area contributed by atoms with Gasteiger partial charge in [0.1, 0.15) is 0 Å². The van der Waals surface area contributed by atoms with Crippen molar-refractivity contribution in [2.75, 3.05) is 19.6 Å². The van der Waals surface area contributed by atoms with Gasteiger partial charge in [-0.15, -0.1) is 0 Å². The minimum atomic E-state index is -5.52. The topological polar surface area (TPSA) is 159 Å². The van der Waals surface area contributed by atoms with E-state index in [1.807, 2.05) is 6.07 Å². The summed E-state index contributed by atoms with van der Waals surface area (Å²) in [5.74, 6) is -1.27. The molecule has 1 saturated carbocycles. The van der Waals surface area contributed by atoms with E-state index in [9.17, 15) is 43.7 Å². The predicted octanol–water partition coefficient (Wildman–Crippen LogP) is 1.45. The fraction of sp³-hybridized carbons (Fsp3) is 0.333. The normalized spacial score (nSPS) is 22.3. The Morgan fingerprint density at radius 1 is 1.00 bits per heavy atom. The van der Waals surface area contributed by atoms with Crippen molar-refractivity contribution in [2.45, 2.75) is 15.6 Å². The number of sulfonamides is 2. The molecule has 3 heterocycles. The molecule has 1 saturated heterocycles. The summed E-state index contributed by atoms with van der Waals surface area (Å²) in [5, 5.41) is 8.43. The second-order valence-electron chi connectivity index (χ2n) is 8.92. The highest BCUT2D eigenvalue weighted by atomic mass is 32.2. The minimum Gasteiger partial charge on any atom is -0.243 e. The molecule has 1 aliphatic heterocycles. The Labute approximate surface area is 215 Å². The van der Waals surface area contributed by atoms with Crippen molar-refractivity contribution in [2.24, 2.45) is 17.8 Å². The van der Waals surface area contributed by atoms with Crippen molar-refractivity contribution >= 4 is 41.0 Å². The van der Waals surface area contributed by atoms with E-state index in [1.54, 1.807) is 0 Å². The van der Waals surface area contributed by atoms with Gasteiger partial charge in [0, 0.05) is 31.2 Å². The van der Waals surface area contributed by atoms with Gasteiger partial charge in [-0.3, -0.25) is 0 Å². The maximum absolute atomic E-state index is 13.7. The first-order valence-corrected chi connectivity index (χ1v) is 15.3. The molecule has 11 nitrogen and oxygen atoms in total. The van der Waals surface area contributed by atoms with Gasteiger partial charge in [0.2, 0.25) is 0 Å². The van der Waals surface area contributed by atoms with Crippen LogP contribution in [0.1, 0.15) is 5.56 Å². The van der Waals surface area contributed by atoms with E-state index in [-0.39, 0.29) is 29.6 Å². The molecule has 38 heavy (non-hydrogen) atoms. The Bertz CT molecular complexity index is 1790. The summed E-state index contributed by atoms with van der Waals surface area (Å²) in [7, 11) is -14.5. The predicted molar refractivity (Wildman–Crippen MR) is 126 cm³/mol. The number of piperidine rings is 1. The average molecular weight is 590 g/mol. The van der Waals surface area contributed by atoms with E-state index in [4.69, 9.17) is 0 Å². The van der Waals surface area contributed by atoms with Crippen LogP contribution < -0.4 is 4.72 Å². The fourth-order valence-corrected chi connectivity index (χ4v) is 8.87. The minimum absolute atomic E-state index is 0.0111. The lowest BCUT2D eigenvalue weighted by Gasteiger charge is -2.21. The zero-order valence-electron chi connectivity index (χ0n) is 19.1. The van der Waals surface area contributed by atoms with Gasteiger partial charge in [0.05, 0.1) is 17.1 Å². The van der Waals surface area contributed by atoms with Crippen LogP contribution in [-0.2, 0) is 30.1 Å². The molecule has 17 heteroatoms. The number of hydrogen-bond donors (Lipinski definition) is 1. The standard InChI is InChI=1S/C21H18F3N5O6S3/c22-21(23,24)38(34,35)27-10-15-16-11-28(12-17(15)16)37(32,33)20-8-14-7-13(9-25)4-5-18(14)29(20)36(30,31)19-3-1-2-6-26-19/h1-8,15-17,27H,10-12H2. The van der Waals surface area contributed by atoms with Crippen molar-refractivity contribution in [1.29, 1.82) is 5.26 Å². The second-order valence-corrected chi connectivity index (χ2v) is 14.3. The van der Waals surface area contributed by atoms with Crippen LogP contribution in [0.5, 0.6) is 0 Å². The molecule has 5 rings (SSSR count). The van der Waals surface area contributed by atoms with Crippen molar-refractivity contribution in [3.63, 3.8) is 0 Å². The van der Waals surface area contributed by atoms with Crippen LogP contribution in [0.3, 0.4) is 0 Å². The largest absolute Gasteiger partial charge is 0.511 e. The van der Waals surface area contributed by atoms with Crippen LogP contribution in [0.25, 0.3) is 10.9 Å². The van der Waals surface area contributed by atoms with Gasteiger partial charge in [-0.25, -0.2) is 30.5 Å². The highest BCUT2D eigenvalue weighted by Crippen LogP contribution is 2.52. The number of nitrogens with zero attached hydrogens (tertiary/aromatic N) is 4. The molecular formula is C21H18F3N5O6S3. The molecule has 1 aromatic carbocycles. The molecule has 3 aromatic rings. The van der Waals surface area contributed by atoms with E-state index in [0.29, 0.717) is 3.97 Å². The van der Waals surface area contributed by atoms with Crippen LogP contribution in [0.4, 0.5) is 13.2 Å². The third-order valence-corrected chi connectivity index (χ3v) is 11.5. The number of fused-ring (bicyclic) bond motifs is 2. The summed E-state index contributed by atoms with van der Waals surface area (Å²) >= 11 is 0. The van der Waals surface area contributed by atoms with E-state index < -0.39 is 69.9 Å². The van der Waals surface area contributed by atoms with Gasteiger partial charge in [-0.05, 0) is 54.2 Å². The maximum atomic E-state index is 13.7. The van der Waals surface area contributed by atoms with Crippen LogP contribution in [0.15, 0.2) is 58.7 Å². The second kappa shape index (κ2) is 8.74. The SMILES string of the molecule is N#Cc1ccc2c(c1)cc(S(=O)(=O)N1CC3C(CNS(=O)(=O)C(F)(F)F)C3C1)n2S(=O)(=O)c1ccccn1. The lowest BCUT2D eigenvalue weighted by Crippen LogP contribution is -2.39. The highest BCUT2D eigenvalue weighted by molar-refractivity contribution is 7.92. The summed E-state index contributed by atoms with van der Waals surface area (Å²) in [6.07, 6.45) is 1.24. The number of nitrogens with one attached hydrogen (secondary N) is 1. The number of halogens is 3. The number of alkyl halides is 3. The third kappa shape index (κ3) is 4.25. The van der Waals surface area contributed by atoms with Crippen LogP contribution in [0.2, 0.25) is 0 Å². The molecule has 0 spiro atoms. The number of rotatable bonds is 7. The molecule has 202 valence electrons. The van der Waals surface area contributed by atoms with E-state index in [0.717, 1.165) is 10.4 Å². The Balaban J connectivity index is 1.47. The van der Waals surface area contributed by atoms with Gasteiger partial charge in [-0.2, -0.15) is 31.2 Å².